The van der Waals surface area contributed by atoms with Gasteiger partial charge < -0.3 is 14.5 Å². The van der Waals surface area contributed by atoms with E-state index in [0.717, 1.165) is 11.1 Å². The van der Waals surface area contributed by atoms with E-state index in [1.807, 2.05) is 11.4 Å². The van der Waals surface area contributed by atoms with E-state index in [1.165, 1.54) is 18.4 Å². The summed E-state index contributed by atoms with van der Waals surface area (Å²) in [5.41, 5.74) is 2.15. The second-order valence-corrected chi connectivity index (χ2v) is 6.69. The van der Waals surface area contributed by atoms with Crippen molar-refractivity contribution in [2.24, 2.45) is 0 Å². The van der Waals surface area contributed by atoms with Crippen molar-refractivity contribution in [2.45, 2.75) is 0 Å². The number of esters is 1. The summed E-state index contributed by atoms with van der Waals surface area (Å²) in [7, 11) is 3.09. The molecule has 25 heavy (non-hydrogen) atoms. The van der Waals surface area contributed by atoms with Gasteiger partial charge in [0.1, 0.15) is 11.4 Å². The van der Waals surface area contributed by atoms with Crippen molar-refractivity contribution in [2.75, 3.05) is 33.8 Å². The van der Waals surface area contributed by atoms with Crippen molar-refractivity contribution in [3.63, 3.8) is 0 Å². The van der Waals surface area contributed by atoms with Crippen LogP contribution in [0.1, 0.15) is 20.0 Å². The summed E-state index contributed by atoms with van der Waals surface area (Å²) in [6.45, 7) is 1.17. The lowest BCUT2D eigenvalue weighted by Gasteiger charge is -2.32. The normalized spacial score (nSPS) is 14.6. The van der Waals surface area contributed by atoms with Gasteiger partial charge in [0, 0.05) is 31.3 Å². The van der Waals surface area contributed by atoms with Crippen LogP contribution in [0.5, 0.6) is 0 Å². The fourth-order valence-electron chi connectivity index (χ4n) is 2.69. The van der Waals surface area contributed by atoms with E-state index in [4.69, 9.17) is 4.74 Å². The fraction of sp³-hybridized carbons (Fsp3) is 0.278. The van der Waals surface area contributed by atoms with Gasteiger partial charge in [0.05, 0.1) is 7.11 Å². The molecule has 1 aromatic carbocycles. The summed E-state index contributed by atoms with van der Waals surface area (Å²) >= 11 is 1.32. The lowest BCUT2D eigenvalue weighted by Crippen LogP contribution is -2.50. The largest absolute Gasteiger partial charge is 0.465 e. The molecule has 130 valence electrons. The quantitative estimate of drug-likeness (QED) is 0.788. The molecule has 7 heteroatoms. The van der Waals surface area contributed by atoms with E-state index < -0.39 is 0 Å². The second kappa shape index (κ2) is 7.06. The molecule has 0 N–H and O–H groups in total. The van der Waals surface area contributed by atoms with Crippen molar-refractivity contribution in [1.29, 1.82) is 0 Å². The van der Waals surface area contributed by atoms with Gasteiger partial charge in [-0.1, -0.05) is 12.1 Å². The minimum atomic E-state index is -0.374. The number of hydrogen-bond donors (Lipinski definition) is 0. The third-order valence-corrected chi connectivity index (χ3v) is 5.12. The number of thiophene rings is 1. The van der Waals surface area contributed by atoms with Crippen LogP contribution in [0, 0.1) is 0 Å². The minimum absolute atomic E-state index is 0.0581. The maximum atomic E-state index is 12.6. The van der Waals surface area contributed by atoms with Crippen LogP contribution in [-0.2, 0) is 9.53 Å². The van der Waals surface area contributed by atoms with E-state index in [-0.39, 0.29) is 24.3 Å². The zero-order chi connectivity index (χ0) is 18.0. The third kappa shape index (κ3) is 3.41. The molecular weight excluding hydrogens is 340 g/mol. The number of rotatable bonds is 3. The van der Waals surface area contributed by atoms with Gasteiger partial charge >= 0.3 is 5.97 Å². The van der Waals surface area contributed by atoms with Gasteiger partial charge in [0.15, 0.2) is 0 Å². The summed E-state index contributed by atoms with van der Waals surface area (Å²) < 4.78 is 4.79. The van der Waals surface area contributed by atoms with Gasteiger partial charge in [-0.3, -0.25) is 9.59 Å². The zero-order valence-electron chi connectivity index (χ0n) is 14.0. The molecule has 0 atom stereocenters. The Morgan fingerprint density at radius 1 is 1.12 bits per heavy atom. The van der Waals surface area contributed by atoms with Crippen molar-refractivity contribution in [3.05, 3.63) is 46.2 Å². The average Bonchev–Trinajstić information content (AvgIpc) is 3.12. The molecule has 2 amide bonds. The molecule has 2 heterocycles. The summed E-state index contributed by atoms with van der Waals surface area (Å²) in [4.78, 5) is 39.8. The van der Waals surface area contributed by atoms with Crippen LogP contribution < -0.4 is 0 Å². The highest BCUT2D eigenvalue weighted by Crippen LogP contribution is 2.29. The number of carbonyl (C=O) groups excluding carboxylic acids is 3. The highest BCUT2D eigenvalue weighted by molar-refractivity contribution is 7.12. The van der Waals surface area contributed by atoms with Gasteiger partial charge in [-0.15, -0.1) is 11.3 Å². The van der Waals surface area contributed by atoms with Crippen LogP contribution in [-0.4, -0.2) is 61.4 Å². The summed E-state index contributed by atoms with van der Waals surface area (Å²) in [5.74, 6) is -0.593. The molecule has 1 aliphatic rings. The van der Waals surface area contributed by atoms with E-state index >= 15 is 0 Å². The van der Waals surface area contributed by atoms with Crippen LogP contribution >= 0.6 is 11.3 Å². The first-order chi connectivity index (χ1) is 12.0. The maximum Gasteiger partial charge on any atom is 0.348 e. The zero-order valence-corrected chi connectivity index (χ0v) is 14.8. The topological polar surface area (TPSA) is 66.9 Å². The summed E-state index contributed by atoms with van der Waals surface area (Å²) in [6.07, 6.45) is 0. The number of methoxy groups -OCH3 is 1. The molecule has 1 saturated heterocycles. The molecule has 6 nitrogen and oxygen atoms in total. The van der Waals surface area contributed by atoms with Crippen LogP contribution in [0.4, 0.5) is 0 Å². The van der Waals surface area contributed by atoms with E-state index in [2.05, 4.69) is 0 Å². The van der Waals surface area contributed by atoms with Gasteiger partial charge in [0.25, 0.3) is 5.91 Å². The number of hydrogen-bond acceptors (Lipinski definition) is 5. The molecule has 0 unspecified atom stereocenters. The Morgan fingerprint density at radius 2 is 1.84 bits per heavy atom. The molecule has 1 aliphatic heterocycles. The molecule has 0 radical (unpaired) electrons. The number of amides is 2. The lowest BCUT2D eigenvalue weighted by atomic mass is 10.0. The minimum Gasteiger partial charge on any atom is -0.465 e. The first-order valence-electron chi connectivity index (χ1n) is 7.80. The van der Waals surface area contributed by atoms with E-state index in [1.54, 1.807) is 41.1 Å². The molecule has 1 aromatic heterocycles. The number of piperazine rings is 1. The Morgan fingerprint density at radius 3 is 2.48 bits per heavy atom. The van der Waals surface area contributed by atoms with Gasteiger partial charge in [0.2, 0.25) is 5.91 Å². The van der Waals surface area contributed by atoms with E-state index in [9.17, 15) is 14.4 Å². The molecule has 3 rings (SSSR count). The second-order valence-electron chi connectivity index (χ2n) is 5.77. The Hall–Kier alpha value is -2.67. The third-order valence-electron chi connectivity index (χ3n) is 4.22. The van der Waals surface area contributed by atoms with Crippen molar-refractivity contribution >= 4 is 29.1 Å². The first kappa shape index (κ1) is 17.2. The van der Waals surface area contributed by atoms with Crippen molar-refractivity contribution in [3.8, 4) is 11.1 Å². The maximum absolute atomic E-state index is 12.6. The Balaban J connectivity index is 1.79. The average molecular weight is 358 g/mol. The first-order valence-corrected chi connectivity index (χ1v) is 8.68. The Bertz CT molecular complexity index is 813. The Labute approximate surface area is 149 Å². The molecule has 2 aromatic rings. The van der Waals surface area contributed by atoms with Gasteiger partial charge in [-0.25, -0.2) is 4.79 Å². The van der Waals surface area contributed by atoms with E-state index in [0.29, 0.717) is 23.5 Å². The highest BCUT2D eigenvalue weighted by Gasteiger charge is 2.25. The molecule has 0 aliphatic carbocycles. The number of ether oxygens (including phenoxy) is 1. The fourth-order valence-corrected chi connectivity index (χ4v) is 3.53. The van der Waals surface area contributed by atoms with Crippen LogP contribution in [0.3, 0.4) is 0 Å². The SMILES string of the molecule is COC(=O)c1sccc1-c1ccc(C(=O)N2CCN(C)C(=O)C2)cc1. The highest BCUT2D eigenvalue weighted by atomic mass is 32.1. The molecule has 0 spiro atoms. The Kier molecular flexibility index (Phi) is 4.85. The molecule has 0 bridgehead atoms. The molecule has 1 fully saturated rings. The smallest absolute Gasteiger partial charge is 0.348 e. The van der Waals surface area contributed by atoms with Crippen LogP contribution in [0.15, 0.2) is 35.7 Å². The summed E-state index contributed by atoms with van der Waals surface area (Å²) in [6, 6.07) is 8.91. The van der Waals surface area contributed by atoms with Crippen LogP contribution in [0.25, 0.3) is 11.1 Å². The van der Waals surface area contributed by atoms with Gasteiger partial charge in [-0.2, -0.15) is 0 Å². The monoisotopic (exact) mass is 358 g/mol. The predicted molar refractivity (Wildman–Crippen MR) is 94.6 cm³/mol. The predicted octanol–water partition coefficient (Wildman–Crippen LogP) is 2.12. The van der Waals surface area contributed by atoms with Crippen molar-refractivity contribution in [1.82, 2.24) is 9.80 Å². The number of benzene rings is 1. The van der Waals surface area contributed by atoms with Crippen LogP contribution in [0.2, 0.25) is 0 Å². The standard InChI is InChI=1S/C18H18N2O4S/c1-19-8-9-20(11-15(19)21)17(22)13-5-3-12(4-6-13)14-7-10-25-16(14)18(23)24-2/h3-7,10H,8-9,11H2,1-2H3. The number of nitrogens with zero attached hydrogens (tertiary/aromatic N) is 2. The summed E-state index contributed by atoms with van der Waals surface area (Å²) in [5, 5.41) is 1.83. The number of likely N-dealkylation sites (N-methyl/N-ethyl adjacent to an activating group) is 1. The van der Waals surface area contributed by atoms with Crippen molar-refractivity contribution < 1.29 is 19.1 Å². The lowest BCUT2D eigenvalue weighted by molar-refractivity contribution is -0.133. The molecular formula is C18H18N2O4S. The number of carbonyl (C=O) groups is 3. The van der Waals surface area contributed by atoms with Gasteiger partial charge in [-0.05, 0) is 29.1 Å². The molecule has 0 saturated carbocycles.